The summed E-state index contributed by atoms with van der Waals surface area (Å²) < 4.78 is 5.88. The van der Waals surface area contributed by atoms with Crippen LogP contribution < -0.4 is 10.1 Å². The van der Waals surface area contributed by atoms with E-state index in [4.69, 9.17) is 4.74 Å². The molecular weight excluding hydrogens is 294 g/mol. The highest BCUT2D eigenvalue weighted by molar-refractivity contribution is 7.14. The quantitative estimate of drug-likeness (QED) is 0.856. The van der Waals surface area contributed by atoms with Crippen LogP contribution >= 0.6 is 11.3 Å². The first kappa shape index (κ1) is 15.1. The van der Waals surface area contributed by atoms with Crippen molar-refractivity contribution in [3.05, 3.63) is 46.3 Å². The molecule has 0 aliphatic carbocycles. The van der Waals surface area contributed by atoms with Crippen molar-refractivity contribution in [2.24, 2.45) is 4.99 Å². The van der Waals surface area contributed by atoms with Crippen molar-refractivity contribution in [3.63, 3.8) is 0 Å². The molecule has 0 saturated carbocycles. The number of nitrogens with one attached hydrogen (secondary N) is 1. The van der Waals surface area contributed by atoms with E-state index in [1.54, 1.807) is 11.3 Å². The lowest BCUT2D eigenvalue weighted by Gasteiger charge is -2.30. The number of aryl methyl sites for hydroxylation is 2. The summed E-state index contributed by atoms with van der Waals surface area (Å²) in [5.74, 6) is 0.960. The van der Waals surface area contributed by atoms with Crippen LogP contribution in [-0.4, -0.2) is 31.4 Å². The van der Waals surface area contributed by atoms with Crippen LogP contribution in [0.3, 0.4) is 0 Å². The summed E-state index contributed by atoms with van der Waals surface area (Å²) in [6.07, 6.45) is 2.04. The van der Waals surface area contributed by atoms with Gasteiger partial charge in [0, 0.05) is 19.2 Å². The van der Waals surface area contributed by atoms with Crippen LogP contribution in [0.15, 0.2) is 34.6 Å². The van der Waals surface area contributed by atoms with Gasteiger partial charge in [0.1, 0.15) is 23.5 Å². The molecule has 116 valence electrons. The average Bonchev–Trinajstić information content (AvgIpc) is 2.96. The summed E-state index contributed by atoms with van der Waals surface area (Å²) in [4.78, 5) is 6.52. The third-order valence-corrected chi connectivity index (χ3v) is 4.60. The molecular formula is C17H21N3OS. The third-order valence-electron chi connectivity index (χ3n) is 3.76. The predicted molar refractivity (Wildman–Crippen MR) is 92.4 cm³/mol. The molecule has 2 heterocycles. The predicted octanol–water partition coefficient (Wildman–Crippen LogP) is 3.64. The van der Waals surface area contributed by atoms with Gasteiger partial charge in [-0.3, -0.25) is 5.32 Å². The van der Waals surface area contributed by atoms with Crippen LogP contribution in [0.2, 0.25) is 0 Å². The van der Waals surface area contributed by atoms with Gasteiger partial charge in [0.05, 0.1) is 6.34 Å². The molecule has 1 atom stereocenters. The molecule has 22 heavy (non-hydrogen) atoms. The van der Waals surface area contributed by atoms with E-state index in [9.17, 15) is 0 Å². The minimum Gasteiger partial charge on any atom is -0.492 e. The molecule has 4 nitrogen and oxygen atoms in total. The molecule has 1 aliphatic rings. The molecule has 1 N–H and O–H groups in total. The molecule has 5 heteroatoms. The lowest BCUT2D eigenvalue weighted by atomic mass is 10.1. The number of hydrogen-bond acceptors (Lipinski definition) is 5. The third kappa shape index (κ3) is 3.15. The molecule has 0 fully saturated rings. The van der Waals surface area contributed by atoms with Gasteiger partial charge in [-0.05, 0) is 36.9 Å². The molecule has 0 radical (unpaired) electrons. The molecule has 0 amide bonds. The van der Waals surface area contributed by atoms with Gasteiger partial charge in [0.25, 0.3) is 0 Å². The second kappa shape index (κ2) is 6.50. The molecule has 2 aromatic rings. The van der Waals surface area contributed by atoms with Crippen molar-refractivity contribution in [2.75, 3.05) is 20.2 Å². The second-order valence-electron chi connectivity index (χ2n) is 5.57. The van der Waals surface area contributed by atoms with Crippen molar-refractivity contribution in [3.8, 4) is 5.75 Å². The average molecular weight is 315 g/mol. The van der Waals surface area contributed by atoms with E-state index in [0.29, 0.717) is 6.61 Å². The van der Waals surface area contributed by atoms with Crippen molar-refractivity contribution in [1.82, 2.24) is 10.2 Å². The van der Waals surface area contributed by atoms with Gasteiger partial charge >= 0.3 is 0 Å². The summed E-state index contributed by atoms with van der Waals surface area (Å²) in [6, 6.07) is 8.40. The van der Waals surface area contributed by atoms with E-state index in [1.165, 1.54) is 16.7 Å². The Morgan fingerprint density at radius 2 is 2.18 bits per heavy atom. The van der Waals surface area contributed by atoms with Gasteiger partial charge < -0.3 is 9.64 Å². The number of fused-ring (bicyclic) bond motifs is 1. The van der Waals surface area contributed by atoms with Crippen LogP contribution in [0.1, 0.15) is 22.9 Å². The Kier molecular flexibility index (Phi) is 4.45. The van der Waals surface area contributed by atoms with E-state index in [1.807, 2.05) is 19.5 Å². The molecule has 1 aromatic heterocycles. The highest BCUT2D eigenvalue weighted by Crippen LogP contribution is 2.35. The Labute approximate surface area is 135 Å². The topological polar surface area (TPSA) is 36.9 Å². The highest BCUT2D eigenvalue weighted by atomic mass is 32.1. The van der Waals surface area contributed by atoms with Gasteiger partial charge in [-0.1, -0.05) is 17.7 Å². The summed E-state index contributed by atoms with van der Waals surface area (Å²) in [5.41, 5.74) is 3.68. The standard InChI is InChI=1S/C17H21N3OS/c1-12-4-5-15(13(2)10-12)21-8-7-18-16-14-6-9-22-17(14)19-11-20(16)3/h4-6,9-11,16,18H,7-8H2,1-3H3. The number of benzene rings is 1. The Bertz CT molecular complexity index is 680. The fraction of sp³-hybridized carbons (Fsp3) is 0.353. The fourth-order valence-corrected chi connectivity index (χ4v) is 3.39. The number of rotatable bonds is 5. The minimum absolute atomic E-state index is 0.168. The lowest BCUT2D eigenvalue weighted by Crippen LogP contribution is -2.38. The van der Waals surface area contributed by atoms with E-state index in [2.05, 4.69) is 52.6 Å². The Hall–Kier alpha value is -1.85. The van der Waals surface area contributed by atoms with Crippen LogP contribution in [0, 0.1) is 13.8 Å². The first-order valence-corrected chi connectivity index (χ1v) is 8.30. The number of nitrogens with zero attached hydrogens (tertiary/aromatic N) is 2. The first-order valence-electron chi connectivity index (χ1n) is 7.42. The zero-order chi connectivity index (χ0) is 15.5. The minimum atomic E-state index is 0.168. The summed E-state index contributed by atoms with van der Waals surface area (Å²) in [5, 5.41) is 6.71. The van der Waals surface area contributed by atoms with Crippen molar-refractivity contribution in [1.29, 1.82) is 0 Å². The molecule has 0 saturated heterocycles. The maximum absolute atomic E-state index is 5.88. The van der Waals surface area contributed by atoms with Crippen molar-refractivity contribution >= 4 is 22.7 Å². The summed E-state index contributed by atoms with van der Waals surface area (Å²) in [7, 11) is 2.03. The molecule has 0 bridgehead atoms. The van der Waals surface area contributed by atoms with Crippen molar-refractivity contribution < 1.29 is 4.74 Å². The van der Waals surface area contributed by atoms with Crippen LogP contribution in [0.25, 0.3) is 0 Å². The molecule has 1 aromatic carbocycles. The zero-order valence-electron chi connectivity index (χ0n) is 13.2. The van der Waals surface area contributed by atoms with E-state index >= 15 is 0 Å². The van der Waals surface area contributed by atoms with Gasteiger partial charge in [0.15, 0.2) is 0 Å². The molecule has 0 spiro atoms. The maximum Gasteiger partial charge on any atom is 0.124 e. The Morgan fingerprint density at radius 3 is 3.00 bits per heavy atom. The van der Waals surface area contributed by atoms with Crippen molar-refractivity contribution in [2.45, 2.75) is 20.0 Å². The SMILES string of the molecule is Cc1ccc(OCCNC2c3ccsc3N=CN2C)c(C)c1. The smallest absolute Gasteiger partial charge is 0.124 e. The molecule has 1 unspecified atom stereocenters. The van der Waals surface area contributed by atoms with Crippen LogP contribution in [0.5, 0.6) is 5.75 Å². The number of hydrogen-bond donors (Lipinski definition) is 1. The highest BCUT2D eigenvalue weighted by Gasteiger charge is 2.22. The summed E-state index contributed by atoms with van der Waals surface area (Å²) in [6.45, 7) is 5.60. The normalized spacial score (nSPS) is 16.7. The Morgan fingerprint density at radius 1 is 1.32 bits per heavy atom. The van der Waals surface area contributed by atoms with E-state index in [0.717, 1.165) is 17.3 Å². The molecule has 3 rings (SSSR count). The maximum atomic E-state index is 5.88. The number of ether oxygens (including phenoxy) is 1. The monoisotopic (exact) mass is 315 g/mol. The molecule has 1 aliphatic heterocycles. The first-order chi connectivity index (χ1) is 10.6. The fourth-order valence-electron chi connectivity index (χ4n) is 2.63. The second-order valence-corrected chi connectivity index (χ2v) is 6.46. The van der Waals surface area contributed by atoms with Gasteiger partial charge in [0.2, 0.25) is 0 Å². The van der Waals surface area contributed by atoms with Crippen LogP contribution in [0.4, 0.5) is 5.00 Å². The Balaban J connectivity index is 1.54. The van der Waals surface area contributed by atoms with E-state index in [-0.39, 0.29) is 6.17 Å². The van der Waals surface area contributed by atoms with Gasteiger partial charge in [-0.15, -0.1) is 11.3 Å². The zero-order valence-corrected chi connectivity index (χ0v) is 14.0. The lowest BCUT2D eigenvalue weighted by molar-refractivity contribution is 0.264. The van der Waals surface area contributed by atoms with Gasteiger partial charge in [-0.2, -0.15) is 0 Å². The van der Waals surface area contributed by atoms with Crippen LogP contribution in [-0.2, 0) is 0 Å². The number of aliphatic imine (C=N–C) groups is 1. The van der Waals surface area contributed by atoms with Gasteiger partial charge in [-0.25, -0.2) is 4.99 Å². The number of thiophene rings is 1. The summed E-state index contributed by atoms with van der Waals surface area (Å²) >= 11 is 1.67. The largest absolute Gasteiger partial charge is 0.492 e. The van der Waals surface area contributed by atoms with E-state index < -0.39 is 0 Å².